The van der Waals surface area contributed by atoms with E-state index in [1.54, 1.807) is 6.08 Å². The van der Waals surface area contributed by atoms with Crippen molar-refractivity contribution in [3.05, 3.63) is 41.5 Å². The molecule has 0 aromatic heterocycles. The molecule has 4 heteroatoms. The molecular weight excluding hydrogens is 314 g/mol. The Morgan fingerprint density at radius 2 is 1.60 bits per heavy atom. The Labute approximate surface area is 148 Å². The van der Waals surface area contributed by atoms with Crippen LogP contribution in [0.25, 0.3) is 6.08 Å². The number of carboxylic acids is 1. The van der Waals surface area contributed by atoms with E-state index >= 15 is 0 Å². The smallest absolute Gasteiger partial charge is 0.332 e. The Balaban J connectivity index is 1.42. The lowest BCUT2D eigenvalue weighted by molar-refractivity contribution is -0.134. The molecule has 0 saturated heterocycles. The van der Waals surface area contributed by atoms with Crippen LogP contribution in [-0.4, -0.2) is 23.0 Å². The van der Waals surface area contributed by atoms with Gasteiger partial charge in [0.25, 0.3) is 0 Å². The molecule has 132 valence electrons. The maximum absolute atomic E-state index is 12.5. The first kappa shape index (κ1) is 16.4. The van der Waals surface area contributed by atoms with E-state index in [0.717, 1.165) is 17.4 Å². The number of amides is 1. The maximum Gasteiger partial charge on any atom is 0.332 e. The summed E-state index contributed by atoms with van der Waals surface area (Å²) in [5.74, 6) is 1.76. The summed E-state index contributed by atoms with van der Waals surface area (Å²) in [6.07, 6.45) is 7.88. The molecule has 1 aromatic carbocycles. The fourth-order valence-electron chi connectivity index (χ4n) is 5.51. The molecule has 0 heterocycles. The minimum Gasteiger partial charge on any atom is -0.478 e. The van der Waals surface area contributed by atoms with Gasteiger partial charge < -0.3 is 10.4 Å². The first-order chi connectivity index (χ1) is 12.1. The summed E-state index contributed by atoms with van der Waals surface area (Å²) < 4.78 is 0. The maximum atomic E-state index is 12.5. The van der Waals surface area contributed by atoms with Crippen LogP contribution in [0.4, 0.5) is 0 Å². The molecule has 0 spiro atoms. The van der Waals surface area contributed by atoms with Crippen LogP contribution in [0.5, 0.6) is 0 Å². The summed E-state index contributed by atoms with van der Waals surface area (Å²) in [5, 5.41) is 12.6. The van der Waals surface area contributed by atoms with Crippen molar-refractivity contribution in [1.82, 2.24) is 5.32 Å². The fraction of sp³-hybridized carbons (Fsp3) is 0.524. The molecule has 5 rings (SSSR count). The first-order valence-electron chi connectivity index (χ1n) is 9.36. The highest BCUT2D eigenvalue weighted by Crippen LogP contribution is 2.53. The largest absolute Gasteiger partial charge is 0.478 e. The molecule has 0 radical (unpaired) electrons. The molecule has 4 bridgehead atoms. The monoisotopic (exact) mass is 339 g/mol. The number of hydrogen-bond donors (Lipinski definition) is 2. The second-order valence-electron chi connectivity index (χ2n) is 8.09. The lowest BCUT2D eigenvalue weighted by Crippen LogP contribution is -2.55. The molecule has 0 atom stereocenters. The summed E-state index contributed by atoms with van der Waals surface area (Å²) >= 11 is 0. The number of carbonyl (C=O) groups is 2. The van der Waals surface area contributed by atoms with Crippen LogP contribution in [0, 0.1) is 23.7 Å². The molecule has 1 aromatic rings. The van der Waals surface area contributed by atoms with Crippen LogP contribution in [0.2, 0.25) is 0 Å². The zero-order valence-corrected chi connectivity index (χ0v) is 14.4. The van der Waals surface area contributed by atoms with Crippen LogP contribution in [0.1, 0.15) is 44.1 Å². The molecule has 4 aliphatic rings. The third kappa shape index (κ3) is 3.48. The molecule has 4 aliphatic carbocycles. The molecule has 0 unspecified atom stereocenters. The zero-order valence-electron chi connectivity index (χ0n) is 14.4. The van der Waals surface area contributed by atoms with Gasteiger partial charge >= 0.3 is 5.97 Å². The van der Waals surface area contributed by atoms with Crippen LogP contribution >= 0.6 is 0 Å². The minimum absolute atomic E-state index is 0.0625. The van der Waals surface area contributed by atoms with Crippen LogP contribution in [-0.2, 0) is 9.59 Å². The molecule has 1 amide bonds. The SMILES string of the molecule is O=C(C/C(=C\c1ccccc1)C(=O)O)NC1C2CC3CC(C2)CC1C3. The zero-order chi connectivity index (χ0) is 17.4. The number of aliphatic carboxylic acids is 1. The van der Waals surface area contributed by atoms with Crippen LogP contribution in [0.15, 0.2) is 35.9 Å². The van der Waals surface area contributed by atoms with Gasteiger partial charge in [-0.05, 0) is 67.4 Å². The lowest BCUT2D eigenvalue weighted by atomic mass is 9.54. The molecule has 4 saturated carbocycles. The lowest BCUT2D eigenvalue weighted by Gasteiger charge is -2.54. The van der Waals surface area contributed by atoms with Gasteiger partial charge in [0.1, 0.15) is 0 Å². The molecule has 4 nitrogen and oxygen atoms in total. The number of carbonyl (C=O) groups excluding carboxylic acids is 1. The average molecular weight is 339 g/mol. The van der Waals surface area contributed by atoms with Crippen LogP contribution < -0.4 is 5.32 Å². The third-order valence-electron chi connectivity index (χ3n) is 6.32. The number of rotatable bonds is 5. The van der Waals surface area contributed by atoms with E-state index in [9.17, 15) is 14.7 Å². The summed E-state index contributed by atoms with van der Waals surface area (Å²) in [4.78, 5) is 24.1. The van der Waals surface area contributed by atoms with E-state index in [1.807, 2.05) is 30.3 Å². The number of hydrogen-bond acceptors (Lipinski definition) is 2. The summed E-state index contributed by atoms with van der Waals surface area (Å²) in [5.41, 5.74) is 0.954. The number of nitrogens with one attached hydrogen (secondary N) is 1. The van der Waals surface area contributed by atoms with Crippen molar-refractivity contribution in [3.8, 4) is 0 Å². The fourth-order valence-corrected chi connectivity index (χ4v) is 5.51. The highest BCUT2D eigenvalue weighted by molar-refractivity contribution is 5.98. The second kappa shape index (κ2) is 6.66. The number of benzene rings is 1. The Morgan fingerprint density at radius 3 is 2.16 bits per heavy atom. The number of carboxylic acid groups (broad SMARTS) is 1. The first-order valence-corrected chi connectivity index (χ1v) is 9.36. The van der Waals surface area contributed by atoms with E-state index in [-0.39, 0.29) is 23.9 Å². The molecule has 25 heavy (non-hydrogen) atoms. The van der Waals surface area contributed by atoms with E-state index in [1.165, 1.54) is 32.1 Å². The van der Waals surface area contributed by atoms with Crippen molar-refractivity contribution in [3.63, 3.8) is 0 Å². The molecule has 4 fully saturated rings. The molecular formula is C21H25NO3. The topological polar surface area (TPSA) is 66.4 Å². The van der Waals surface area contributed by atoms with Gasteiger partial charge in [0, 0.05) is 11.6 Å². The van der Waals surface area contributed by atoms with Crippen molar-refractivity contribution in [1.29, 1.82) is 0 Å². The van der Waals surface area contributed by atoms with Gasteiger partial charge in [0.05, 0.1) is 6.42 Å². The van der Waals surface area contributed by atoms with Gasteiger partial charge in [-0.15, -0.1) is 0 Å². The van der Waals surface area contributed by atoms with E-state index < -0.39 is 5.97 Å². The van der Waals surface area contributed by atoms with Crippen molar-refractivity contribution in [2.24, 2.45) is 23.7 Å². The highest BCUT2D eigenvalue weighted by Gasteiger charge is 2.48. The van der Waals surface area contributed by atoms with Crippen molar-refractivity contribution < 1.29 is 14.7 Å². The van der Waals surface area contributed by atoms with E-state index in [0.29, 0.717) is 11.8 Å². The Morgan fingerprint density at radius 1 is 1.00 bits per heavy atom. The van der Waals surface area contributed by atoms with Crippen molar-refractivity contribution in [2.75, 3.05) is 0 Å². The summed E-state index contributed by atoms with van der Waals surface area (Å²) in [6.45, 7) is 0. The van der Waals surface area contributed by atoms with Gasteiger partial charge in [0.15, 0.2) is 0 Å². The Kier molecular flexibility index (Phi) is 4.36. The summed E-state index contributed by atoms with van der Waals surface area (Å²) in [7, 11) is 0. The van der Waals surface area contributed by atoms with Crippen LogP contribution in [0.3, 0.4) is 0 Å². The predicted octanol–water partition coefficient (Wildman–Crippen LogP) is 3.49. The van der Waals surface area contributed by atoms with Crippen molar-refractivity contribution >= 4 is 18.0 Å². The van der Waals surface area contributed by atoms with Gasteiger partial charge in [-0.1, -0.05) is 30.3 Å². The van der Waals surface area contributed by atoms with Gasteiger partial charge in [-0.2, -0.15) is 0 Å². The van der Waals surface area contributed by atoms with Gasteiger partial charge in [0.2, 0.25) is 5.91 Å². The normalized spacial score (nSPS) is 33.3. The molecule has 2 N–H and O–H groups in total. The highest BCUT2D eigenvalue weighted by atomic mass is 16.4. The van der Waals surface area contributed by atoms with E-state index in [4.69, 9.17) is 0 Å². The predicted molar refractivity (Wildman–Crippen MR) is 95.6 cm³/mol. The minimum atomic E-state index is -1.02. The average Bonchev–Trinajstić information content (AvgIpc) is 2.58. The Bertz CT molecular complexity index is 666. The van der Waals surface area contributed by atoms with E-state index in [2.05, 4.69) is 5.32 Å². The summed E-state index contributed by atoms with van der Waals surface area (Å²) in [6, 6.07) is 9.56. The van der Waals surface area contributed by atoms with Gasteiger partial charge in [-0.25, -0.2) is 4.79 Å². The third-order valence-corrected chi connectivity index (χ3v) is 6.32. The standard InChI is InChI=1S/C21H25NO3/c23-19(12-18(21(24)25)7-13-4-2-1-3-5-13)22-20-16-8-14-6-15(10-16)11-17(20)9-14/h1-5,7,14-17,20H,6,8-12H2,(H,22,23)(H,24,25)/b18-7+. The van der Waals surface area contributed by atoms with Crippen molar-refractivity contribution in [2.45, 2.75) is 44.6 Å². The molecule has 0 aliphatic heterocycles. The quantitative estimate of drug-likeness (QED) is 0.807. The second-order valence-corrected chi connectivity index (χ2v) is 8.09. The van der Waals surface area contributed by atoms with Gasteiger partial charge in [-0.3, -0.25) is 4.79 Å². The Hall–Kier alpha value is -2.10.